The number of rotatable bonds is 4. The van der Waals surface area contributed by atoms with E-state index in [4.69, 9.17) is 0 Å². The molecule has 0 saturated heterocycles. The van der Waals surface area contributed by atoms with E-state index in [1.165, 1.54) is 48.2 Å². The number of nitrogens with one attached hydrogen (secondary N) is 2. The highest BCUT2D eigenvalue weighted by Crippen LogP contribution is 2.33. The SMILES string of the molecule is O=C1CCSc2ccc(S(=O)(=O)Nc3ccc([N+](=O)[O-])cc3)cc2N1. The van der Waals surface area contributed by atoms with E-state index in [9.17, 15) is 23.3 Å². The van der Waals surface area contributed by atoms with Crippen LogP contribution in [0.2, 0.25) is 0 Å². The highest BCUT2D eigenvalue weighted by molar-refractivity contribution is 7.99. The fourth-order valence-corrected chi connectivity index (χ4v) is 4.25. The average molecular weight is 379 g/mol. The van der Waals surface area contributed by atoms with Gasteiger partial charge in [-0.1, -0.05) is 0 Å². The molecule has 0 aliphatic carbocycles. The molecule has 8 nitrogen and oxygen atoms in total. The number of benzene rings is 2. The number of nitro benzene ring substituents is 1. The molecule has 0 unspecified atom stereocenters. The van der Waals surface area contributed by atoms with Crippen LogP contribution in [0.5, 0.6) is 0 Å². The Morgan fingerprint density at radius 3 is 2.56 bits per heavy atom. The highest BCUT2D eigenvalue weighted by atomic mass is 32.2. The van der Waals surface area contributed by atoms with Crippen molar-refractivity contribution in [2.75, 3.05) is 15.8 Å². The van der Waals surface area contributed by atoms with Gasteiger partial charge >= 0.3 is 0 Å². The Labute approximate surface area is 147 Å². The van der Waals surface area contributed by atoms with Gasteiger partial charge in [0.15, 0.2) is 0 Å². The van der Waals surface area contributed by atoms with Crippen LogP contribution in [0.1, 0.15) is 6.42 Å². The molecule has 130 valence electrons. The topological polar surface area (TPSA) is 118 Å². The lowest BCUT2D eigenvalue weighted by Gasteiger charge is -2.11. The van der Waals surface area contributed by atoms with Crippen LogP contribution in [0.25, 0.3) is 0 Å². The number of amides is 1. The van der Waals surface area contributed by atoms with Crippen LogP contribution in [0.4, 0.5) is 17.1 Å². The van der Waals surface area contributed by atoms with E-state index in [0.717, 1.165) is 4.90 Å². The number of anilines is 2. The second-order valence-corrected chi connectivity index (χ2v) is 8.03. The van der Waals surface area contributed by atoms with E-state index in [0.29, 0.717) is 17.9 Å². The van der Waals surface area contributed by atoms with Crippen LogP contribution in [0, 0.1) is 10.1 Å². The number of fused-ring (bicyclic) bond motifs is 1. The minimum atomic E-state index is -3.89. The lowest BCUT2D eigenvalue weighted by Crippen LogP contribution is -2.14. The van der Waals surface area contributed by atoms with Crippen LogP contribution in [-0.2, 0) is 14.8 Å². The summed E-state index contributed by atoms with van der Waals surface area (Å²) in [4.78, 5) is 22.5. The predicted molar refractivity (Wildman–Crippen MR) is 94.3 cm³/mol. The van der Waals surface area contributed by atoms with Crippen LogP contribution in [0.3, 0.4) is 0 Å². The number of nitrogens with zero attached hydrogens (tertiary/aromatic N) is 1. The number of nitro groups is 1. The number of carbonyl (C=O) groups excluding carboxylic acids is 1. The first-order chi connectivity index (χ1) is 11.8. The summed E-state index contributed by atoms with van der Waals surface area (Å²) in [6, 6.07) is 9.57. The summed E-state index contributed by atoms with van der Waals surface area (Å²) in [6.07, 6.45) is 0.364. The van der Waals surface area contributed by atoms with Crippen LogP contribution in [0.15, 0.2) is 52.3 Å². The third kappa shape index (κ3) is 3.91. The maximum atomic E-state index is 12.5. The number of non-ortho nitro benzene ring substituents is 1. The quantitative estimate of drug-likeness (QED) is 0.623. The molecular weight excluding hydrogens is 366 g/mol. The standard InChI is InChI=1S/C15H13N3O5S2/c19-15-7-8-24-14-6-5-12(9-13(14)16-15)25(22,23)17-10-1-3-11(4-2-10)18(20)21/h1-6,9,17H,7-8H2,(H,16,19). The Bertz CT molecular complexity index is 942. The monoisotopic (exact) mass is 379 g/mol. The molecule has 1 aliphatic rings. The molecule has 2 N–H and O–H groups in total. The van der Waals surface area contributed by atoms with E-state index in [2.05, 4.69) is 10.0 Å². The Kier molecular flexibility index (Phi) is 4.64. The second-order valence-electron chi connectivity index (χ2n) is 5.21. The Morgan fingerprint density at radius 2 is 1.88 bits per heavy atom. The fourth-order valence-electron chi connectivity index (χ4n) is 2.23. The van der Waals surface area contributed by atoms with Crippen molar-refractivity contribution in [2.24, 2.45) is 0 Å². The van der Waals surface area contributed by atoms with Gasteiger partial charge in [0.05, 0.1) is 15.5 Å². The molecule has 0 spiro atoms. The molecule has 0 atom stereocenters. The van der Waals surface area contributed by atoms with Gasteiger partial charge in [0, 0.05) is 34.9 Å². The third-order valence-corrected chi connectivity index (χ3v) is 5.91. The first-order valence-electron chi connectivity index (χ1n) is 7.19. The maximum Gasteiger partial charge on any atom is 0.269 e. The number of sulfonamides is 1. The van der Waals surface area contributed by atoms with E-state index in [-0.39, 0.29) is 22.2 Å². The summed E-state index contributed by atoms with van der Waals surface area (Å²) >= 11 is 1.48. The lowest BCUT2D eigenvalue weighted by molar-refractivity contribution is -0.384. The summed E-state index contributed by atoms with van der Waals surface area (Å²) in [5.41, 5.74) is 0.533. The molecule has 2 aromatic carbocycles. The van der Waals surface area contributed by atoms with E-state index >= 15 is 0 Å². The maximum absolute atomic E-state index is 12.5. The molecule has 25 heavy (non-hydrogen) atoms. The molecule has 0 saturated carbocycles. The Hall–Kier alpha value is -2.59. The molecule has 0 radical (unpaired) electrons. The minimum absolute atomic E-state index is 0.00703. The number of thioether (sulfide) groups is 1. The molecule has 0 bridgehead atoms. The van der Waals surface area contributed by atoms with Gasteiger partial charge in [0.2, 0.25) is 5.91 Å². The van der Waals surface area contributed by atoms with Gasteiger partial charge in [0.25, 0.3) is 15.7 Å². The zero-order valence-electron chi connectivity index (χ0n) is 12.8. The van der Waals surface area contributed by atoms with Gasteiger partial charge in [-0.3, -0.25) is 19.6 Å². The second kappa shape index (κ2) is 6.73. The van der Waals surface area contributed by atoms with E-state index in [1.807, 2.05) is 0 Å². The molecular formula is C15H13N3O5S2. The summed E-state index contributed by atoms with van der Waals surface area (Å²) in [5, 5.41) is 13.3. The van der Waals surface area contributed by atoms with Crippen molar-refractivity contribution < 1.29 is 18.1 Å². The van der Waals surface area contributed by atoms with Gasteiger partial charge in [0.1, 0.15) is 0 Å². The zero-order chi connectivity index (χ0) is 18.0. The predicted octanol–water partition coefficient (Wildman–Crippen LogP) is 2.83. The summed E-state index contributed by atoms with van der Waals surface area (Å²) in [6.45, 7) is 0. The summed E-state index contributed by atoms with van der Waals surface area (Å²) in [5.74, 6) is 0.468. The van der Waals surface area contributed by atoms with Crippen molar-refractivity contribution >= 4 is 44.8 Å². The van der Waals surface area contributed by atoms with Crippen LogP contribution < -0.4 is 10.0 Å². The molecule has 3 rings (SSSR count). The first kappa shape index (κ1) is 17.2. The highest BCUT2D eigenvalue weighted by Gasteiger charge is 2.19. The zero-order valence-corrected chi connectivity index (χ0v) is 14.4. The molecule has 1 aliphatic heterocycles. The van der Waals surface area contributed by atoms with Gasteiger partial charge < -0.3 is 5.32 Å². The molecule has 10 heteroatoms. The van der Waals surface area contributed by atoms with Crippen molar-refractivity contribution in [1.29, 1.82) is 0 Å². The molecule has 0 aromatic heterocycles. The van der Waals surface area contributed by atoms with Crippen molar-refractivity contribution in [3.63, 3.8) is 0 Å². The smallest absolute Gasteiger partial charge is 0.269 e. The summed E-state index contributed by atoms with van der Waals surface area (Å²) in [7, 11) is -3.89. The van der Waals surface area contributed by atoms with E-state index < -0.39 is 14.9 Å². The largest absolute Gasteiger partial charge is 0.325 e. The van der Waals surface area contributed by atoms with E-state index in [1.54, 1.807) is 6.07 Å². The molecule has 1 amide bonds. The van der Waals surface area contributed by atoms with Crippen molar-refractivity contribution in [2.45, 2.75) is 16.2 Å². The van der Waals surface area contributed by atoms with Gasteiger partial charge in [-0.25, -0.2) is 8.42 Å². The lowest BCUT2D eigenvalue weighted by atomic mass is 10.3. The molecule has 1 heterocycles. The average Bonchev–Trinajstić information content (AvgIpc) is 2.74. The van der Waals surface area contributed by atoms with Gasteiger partial charge in [-0.05, 0) is 30.3 Å². The fraction of sp³-hybridized carbons (Fsp3) is 0.133. The van der Waals surface area contributed by atoms with Crippen LogP contribution in [-0.4, -0.2) is 25.0 Å². The normalized spacial score (nSPS) is 14.2. The number of hydrogen-bond acceptors (Lipinski definition) is 6. The van der Waals surface area contributed by atoms with Crippen molar-refractivity contribution in [1.82, 2.24) is 0 Å². The molecule has 0 fully saturated rings. The van der Waals surface area contributed by atoms with Crippen molar-refractivity contribution in [3.8, 4) is 0 Å². The number of carbonyl (C=O) groups is 1. The minimum Gasteiger partial charge on any atom is -0.325 e. The first-order valence-corrected chi connectivity index (χ1v) is 9.66. The Morgan fingerprint density at radius 1 is 1.16 bits per heavy atom. The summed E-state index contributed by atoms with van der Waals surface area (Å²) < 4.78 is 27.4. The van der Waals surface area contributed by atoms with Gasteiger partial charge in [-0.2, -0.15) is 0 Å². The van der Waals surface area contributed by atoms with Crippen LogP contribution >= 0.6 is 11.8 Å². The third-order valence-electron chi connectivity index (χ3n) is 3.45. The molecule has 2 aromatic rings. The number of hydrogen-bond donors (Lipinski definition) is 2. The van der Waals surface area contributed by atoms with Crippen molar-refractivity contribution in [3.05, 3.63) is 52.6 Å². The van der Waals surface area contributed by atoms with Gasteiger partial charge in [-0.15, -0.1) is 11.8 Å². The Balaban J connectivity index is 1.87.